The van der Waals surface area contributed by atoms with Gasteiger partial charge >= 0.3 is 6.18 Å². The number of carbonyl (C=O) groups is 1. The van der Waals surface area contributed by atoms with Crippen LogP contribution in [0.25, 0.3) is 15.3 Å². The van der Waals surface area contributed by atoms with E-state index in [1.807, 2.05) is 17.5 Å². The Bertz CT molecular complexity index is 564. The van der Waals surface area contributed by atoms with Crippen molar-refractivity contribution in [3.8, 4) is 9.75 Å². The lowest BCUT2D eigenvalue weighted by Crippen LogP contribution is -2.09. The molecule has 0 unspecified atom stereocenters. The van der Waals surface area contributed by atoms with E-state index in [4.69, 9.17) is 0 Å². The monoisotopic (exact) mass is 288 g/mol. The van der Waals surface area contributed by atoms with Crippen LogP contribution < -0.4 is 0 Å². The fourth-order valence-electron chi connectivity index (χ4n) is 1.42. The maximum Gasteiger partial charge on any atom is 0.417 e. The Hall–Kier alpha value is -1.40. The smallest absolute Gasteiger partial charge is 0.299 e. The fourth-order valence-corrected chi connectivity index (χ4v) is 3.30. The lowest BCUT2D eigenvalue weighted by molar-refractivity contribution is -0.104. The van der Waals surface area contributed by atoms with Gasteiger partial charge in [-0.1, -0.05) is 6.07 Å². The Morgan fingerprint density at radius 2 is 1.94 bits per heavy atom. The second kappa shape index (κ2) is 5.07. The van der Waals surface area contributed by atoms with Crippen LogP contribution >= 0.6 is 22.7 Å². The molecule has 0 aromatic carbocycles. The number of halogens is 3. The molecule has 2 rings (SSSR count). The summed E-state index contributed by atoms with van der Waals surface area (Å²) >= 11 is 2.49. The molecule has 0 amide bonds. The molecule has 0 bridgehead atoms. The van der Waals surface area contributed by atoms with E-state index >= 15 is 0 Å². The first-order valence-electron chi connectivity index (χ1n) is 4.89. The molecular formula is C12H7F3OS2. The van der Waals surface area contributed by atoms with Crippen molar-refractivity contribution in [1.82, 2.24) is 0 Å². The van der Waals surface area contributed by atoms with E-state index in [0.29, 0.717) is 6.08 Å². The minimum Gasteiger partial charge on any atom is -0.299 e. The molecule has 0 spiro atoms. The lowest BCUT2D eigenvalue weighted by Gasteiger charge is -2.08. The third kappa shape index (κ3) is 2.70. The van der Waals surface area contributed by atoms with Gasteiger partial charge in [-0.3, -0.25) is 4.79 Å². The summed E-state index contributed by atoms with van der Waals surface area (Å²) in [4.78, 5) is 12.0. The molecule has 18 heavy (non-hydrogen) atoms. The molecule has 0 saturated heterocycles. The van der Waals surface area contributed by atoms with E-state index < -0.39 is 11.7 Å². The molecule has 0 radical (unpaired) electrons. The minimum absolute atomic E-state index is 0.0537. The average molecular weight is 288 g/mol. The normalized spacial score (nSPS) is 12.7. The fraction of sp³-hybridized carbons (Fsp3) is 0.0833. The standard InChI is InChI=1S/C12H7F3OS2/c13-12(14,15)8(5-6-16)9-3-4-11(18-9)10-2-1-7-17-10/h1-7H/b8-5+. The highest BCUT2D eigenvalue weighted by Gasteiger charge is 2.35. The number of carbonyl (C=O) groups excluding carboxylic acids is 1. The zero-order valence-electron chi connectivity index (χ0n) is 8.90. The van der Waals surface area contributed by atoms with Crippen molar-refractivity contribution < 1.29 is 18.0 Å². The minimum atomic E-state index is -4.52. The number of aldehydes is 1. The van der Waals surface area contributed by atoms with Crippen molar-refractivity contribution in [3.63, 3.8) is 0 Å². The number of rotatable bonds is 3. The van der Waals surface area contributed by atoms with E-state index in [9.17, 15) is 18.0 Å². The Kier molecular flexibility index (Phi) is 3.68. The van der Waals surface area contributed by atoms with Gasteiger partial charge in [0.25, 0.3) is 0 Å². The van der Waals surface area contributed by atoms with Gasteiger partial charge in [0.15, 0.2) is 0 Å². The van der Waals surface area contributed by atoms with E-state index in [0.717, 1.165) is 21.1 Å². The summed E-state index contributed by atoms with van der Waals surface area (Å²) in [5.41, 5.74) is -0.898. The molecule has 0 atom stereocenters. The second-order valence-electron chi connectivity index (χ2n) is 3.36. The summed E-state index contributed by atoms with van der Waals surface area (Å²) < 4.78 is 38.2. The van der Waals surface area contributed by atoms with Crippen LogP contribution in [0, 0.1) is 0 Å². The second-order valence-corrected chi connectivity index (χ2v) is 5.39. The third-order valence-corrected chi connectivity index (χ3v) is 4.36. The number of hydrogen-bond donors (Lipinski definition) is 0. The largest absolute Gasteiger partial charge is 0.417 e. The van der Waals surface area contributed by atoms with Crippen molar-refractivity contribution >= 4 is 34.5 Å². The first kappa shape index (κ1) is 13.0. The van der Waals surface area contributed by atoms with Gasteiger partial charge in [0.05, 0.1) is 5.57 Å². The SMILES string of the molecule is O=C/C=C(\c1ccc(-c2cccs2)s1)C(F)(F)F. The molecule has 6 heteroatoms. The lowest BCUT2D eigenvalue weighted by atomic mass is 10.2. The van der Waals surface area contributed by atoms with E-state index in [1.165, 1.54) is 17.4 Å². The highest BCUT2D eigenvalue weighted by atomic mass is 32.1. The van der Waals surface area contributed by atoms with Crippen molar-refractivity contribution in [2.24, 2.45) is 0 Å². The predicted molar refractivity (Wildman–Crippen MR) is 67.7 cm³/mol. The van der Waals surface area contributed by atoms with E-state index in [2.05, 4.69) is 0 Å². The van der Waals surface area contributed by atoms with Crippen LogP contribution in [0.4, 0.5) is 13.2 Å². The quantitative estimate of drug-likeness (QED) is 0.595. The molecule has 0 N–H and O–H groups in total. The molecule has 0 aliphatic rings. The predicted octanol–water partition coefficient (Wildman–Crippen LogP) is 4.62. The molecule has 2 heterocycles. The van der Waals surface area contributed by atoms with Crippen LogP contribution in [0.1, 0.15) is 4.88 Å². The summed E-state index contributed by atoms with van der Waals surface area (Å²) in [5, 5.41) is 1.86. The molecule has 0 aliphatic carbocycles. The molecule has 0 fully saturated rings. The van der Waals surface area contributed by atoms with Crippen LogP contribution in [-0.2, 0) is 4.79 Å². The Labute approximate surface area is 109 Å². The number of allylic oxidation sites excluding steroid dienone is 2. The first-order valence-corrected chi connectivity index (χ1v) is 6.58. The first-order chi connectivity index (χ1) is 8.52. The van der Waals surface area contributed by atoms with Crippen molar-refractivity contribution in [2.75, 3.05) is 0 Å². The highest BCUT2D eigenvalue weighted by Crippen LogP contribution is 2.40. The molecule has 1 nitrogen and oxygen atoms in total. The molecule has 0 saturated carbocycles. The molecule has 0 aliphatic heterocycles. The highest BCUT2D eigenvalue weighted by molar-refractivity contribution is 7.21. The van der Waals surface area contributed by atoms with Gasteiger partial charge in [-0.25, -0.2) is 0 Å². The van der Waals surface area contributed by atoms with Gasteiger partial charge in [0.2, 0.25) is 0 Å². The van der Waals surface area contributed by atoms with Crippen molar-refractivity contribution in [3.05, 3.63) is 40.6 Å². The van der Waals surface area contributed by atoms with Crippen LogP contribution in [-0.4, -0.2) is 12.5 Å². The summed E-state index contributed by atoms with van der Waals surface area (Å²) in [7, 11) is 0. The molecule has 2 aromatic rings. The zero-order valence-corrected chi connectivity index (χ0v) is 10.5. The van der Waals surface area contributed by atoms with Gasteiger partial charge in [0, 0.05) is 14.6 Å². The van der Waals surface area contributed by atoms with Crippen molar-refractivity contribution in [2.45, 2.75) is 6.18 Å². The van der Waals surface area contributed by atoms with Gasteiger partial charge in [-0.05, 0) is 29.7 Å². The Morgan fingerprint density at radius 1 is 1.17 bits per heavy atom. The van der Waals surface area contributed by atoms with Gasteiger partial charge in [-0.2, -0.15) is 13.2 Å². The van der Waals surface area contributed by atoms with E-state index in [-0.39, 0.29) is 11.2 Å². The summed E-state index contributed by atoms with van der Waals surface area (Å²) in [6.07, 6.45) is -3.80. The van der Waals surface area contributed by atoms with Crippen LogP contribution in [0.15, 0.2) is 35.7 Å². The Balaban J connectivity index is 2.40. The molecule has 94 valence electrons. The van der Waals surface area contributed by atoms with Crippen LogP contribution in [0.5, 0.6) is 0 Å². The Morgan fingerprint density at radius 3 is 2.50 bits per heavy atom. The average Bonchev–Trinajstić information content (AvgIpc) is 2.94. The summed E-state index contributed by atoms with van der Waals surface area (Å²) in [5.74, 6) is 0. The molecular weight excluding hydrogens is 281 g/mol. The topological polar surface area (TPSA) is 17.1 Å². The number of hydrogen-bond acceptors (Lipinski definition) is 3. The third-order valence-electron chi connectivity index (χ3n) is 2.18. The summed E-state index contributed by atoms with van der Waals surface area (Å²) in [6, 6.07) is 6.71. The van der Waals surface area contributed by atoms with Crippen LogP contribution in [0.2, 0.25) is 0 Å². The van der Waals surface area contributed by atoms with Crippen LogP contribution in [0.3, 0.4) is 0 Å². The van der Waals surface area contributed by atoms with Crippen molar-refractivity contribution in [1.29, 1.82) is 0 Å². The number of thiophene rings is 2. The van der Waals surface area contributed by atoms with Gasteiger partial charge in [-0.15, -0.1) is 22.7 Å². The summed E-state index contributed by atoms with van der Waals surface area (Å²) in [6.45, 7) is 0. The number of alkyl halides is 3. The van der Waals surface area contributed by atoms with E-state index in [1.54, 1.807) is 6.07 Å². The van der Waals surface area contributed by atoms with Gasteiger partial charge in [0.1, 0.15) is 6.29 Å². The maximum atomic E-state index is 12.7. The zero-order chi connectivity index (χ0) is 13.2. The molecule has 2 aromatic heterocycles. The maximum absolute atomic E-state index is 12.7. The van der Waals surface area contributed by atoms with Gasteiger partial charge < -0.3 is 0 Å².